The zero-order valence-corrected chi connectivity index (χ0v) is 24.8. The topological polar surface area (TPSA) is 12.0 Å². The van der Waals surface area contributed by atoms with Gasteiger partial charge in [-0.05, 0) is 115 Å². The van der Waals surface area contributed by atoms with E-state index in [1.165, 1.54) is 66.1 Å². The van der Waals surface area contributed by atoms with Gasteiger partial charge >= 0.3 is 0 Å². The third-order valence-corrected chi connectivity index (χ3v) is 8.62. The lowest BCUT2D eigenvalue weighted by Gasteiger charge is -2.13. The maximum atomic E-state index is 3.59. The number of hydrogen-bond donors (Lipinski definition) is 1. The van der Waals surface area contributed by atoms with Gasteiger partial charge in [0.05, 0.1) is 0 Å². The van der Waals surface area contributed by atoms with Gasteiger partial charge in [0.15, 0.2) is 0 Å². The smallest absolute Gasteiger partial charge is 0.0384 e. The molecule has 0 spiro atoms. The third-order valence-electron chi connectivity index (χ3n) is 8.62. The molecule has 212 valence electrons. The molecule has 0 bridgehead atoms. The van der Waals surface area contributed by atoms with Gasteiger partial charge in [0.2, 0.25) is 0 Å². The Balaban J connectivity index is 1.06. The molecule has 1 N–H and O–H groups in total. The predicted octanol–water partition coefficient (Wildman–Crippen LogP) is 12.4. The van der Waals surface area contributed by atoms with Crippen LogP contribution in [0.3, 0.4) is 0 Å². The summed E-state index contributed by atoms with van der Waals surface area (Å²) in [5.74, 6) is 0. The van der Waals surface area contributed by atoms with Crippen molar-refractivity contribution in [2.24, 2.45) is 0 Å². The van der Waals surface area contributed by atoms with Crippen molar-refractivity contribution in [2.45, 2.75) is 0 Å². The molecule has 0 amide bonds. The molecule has 8 aromatic carbocycles. The third kappa shape index (κ3) is 5.37. The lowest BCUT2D eigenvalue weighted by Crippen LogP contribution is -1.91. The number of nitrogens with one attached hydrogen (secondary N) is 1. The van der Waals surface area contributed by atoms with Gasteiger partial charge in [0, 0.05) is 11.4 Å². The largest absolute Gasteiger partial charge is 0.356 e. The van der Waals surface area contributed by atoms with Gasteiger partial charge in [-0.3, -0.25) is 0 Å². The molecule has 0 saturated carbocycles. The SMILES string of the molecule is c1ccc(-c2cc(-c3ccc(Nc4ccc(-c5cc(-c6ccccc6)c6ccccc6c5)cc4)cc3)cc3ccccc23)cc1. The van der Waals surface area contributed by atoms with Crippen LogP contribution in [-0.2, 0) is 0 Å². The van der Waals surface area contributed by atoms with E-state index in [0.717, 1.165) is 11.4 Å². The van der Waals surface area contributed by atoms with Crippen LogP contribution in [0.1, 0.15) is 0 Å². The molecule has 8 aromatic rings. The lowest BCUT2D eigenvalue weighted by molar-refractivity contribution is 1.54. The van der Waals surface area contributed by atoms with Gasteiger partial charge < -0.3 is 5.32 Å². The van der Waals surface area contributed by atoms with Crippen molar-refractivity contribution in [2.75, 3.05) is 5.32 Å². The molecular formula is C44H31N. The molecule has 0 aliphatic heterocycles. The van der Waals surface area contributed by atoms with Crippen LogP contribution in [0.2, 0.25) is 0 Å². The summed E-state index contributed by atoms with van der Waals surface area (Å²) in [7, 11) is 0. The Bertz CT molecular complexity index is 2080. The van der Waals surface area contributed by atoms with E-state index in [-0.39, 0.29) is 0 Å². The first-order chi connectivity index (χ1) is 22.3. The fraction of sp³-hybridized carbons (Fsp3) is 0. The number of hydrogen-bond acceptors (Lipinski definition) is 1. The van der Waals surface area contributed by atoms with E-state index < -0.39 is 0 Å². The zero-order valence-electron chi connectivity index (χ0n) is 24.8. The zero-order chi connectivity index (χ0) is 30.0. The molecule has 0 aliphatic carbocycles. The van der Waals surface area contributed by atoms with Crippen molar-refractivity contribution in [1.82, 2.24) is 0 Å². The average molecular weight is 574 g/mol. The van der Waals surface area contributed by atoms with E-state index in [2.05, 4.69) is 187 Å². The first-order valence-corrected chi connectivity index (χ1v) is 15.4. The van der Waals surface area contributed by atoms with E-state index in [0.29, 0.717) is 0 Å². The number of rotatable bonds is 6. The highest BCUT2D eigenvalue weighted by molar-refractivity contribution is 6.01. The van der Waals surface area contributed by atoms with Gasteiger partial charge in [-0.2, -0.15) is 0 Å². The Hall–Kier alpha value is -5.92. The molecule has 0 aliphatic rings. The second-order valence-electron chi connectivity index (χ2n) is 11.5. The van der Waals surface area contributed by atoms with Crippen LogP contribution in [0.25, 0.3) is 66.1 Å². The van der Waals surface area contributed by atoms with Crippen molar-refractivity contribution >= 4 is 32.9 Å². The maximum Gasteiger partial charge on any atom is 0.0384 e. The summed E-state index contributed by atoms with van der Waals surface area (Å²) in [5.41, 5.74) is 11.9. The number of fused-ring (bicyclic) bond motifs is 2. The summed E-state index contributed by atoms with van der Waals surface area (Å²) in [6.45, 7) is 0. The highest BCUT2D eigenvalue weighted by Crippen LogP contribution is 2.36. The van der Waals surface area contributed by atoms with Crippen molar-refractivity contribution in [1.29, 1.82) is 0 Å². The van der Waals surface area contributed by atoms with Crippen LogP contribution in [0.5, 0.6) is 0 Å². The molecule has 0 atom stereocenters. The minimum Gasteiger partial charge on any atom is -0.356 e. The lowest BCUT2D eigenvalue weighted by atomic mass is 9.93. The van der Waals surface area contributed by atoms with Crippen LogP contribution in [0, 0.1) is 0 Å². The first kappa shape index (κ1) is 26.7. The van der Waals surface area contributed by atoms with E-state index >= 15 is 0 Å². The van der Waals surface area contributed by atoms with Crippen molar-refractivity contribution in [3.8, 4) is 44.5 Å². The van der Waals surface area contributed by atoms with Crippen LogP contribution < -0.4 is 5.32 Å². The molecule has 0 radical (unpaired) electrons. The van der Waals surface area contributed by atoms with Gasteiger partial charge in [-0.15, -0.1) is 0 Å². The van der Waals surface area contributed by atoms with E-state index in [9.17, 15) is 0 Å². The summed E-state index contributed by atoms with van der Waals surface area (Å²) in [5, 5.41) is 8.64. The molecule has 0 fully saturated rings. The van der Waals surface area contributed by atoms with Gasteiger partial charge in [-0.1, -0.05) is 133 Å². The maximum absolute atomic E-state index is 3.59. The molecule has 45 heavy (non-hydrogen) atoms. The van der Waals surface area contributed by atoms with Crippen LogP contribution in [0.15, 0.2) is 182 Å². The van der Waals surface area contributed by atoms with Gasteiger partial charge in [0.25, 0.3) is 0 Å². The Morgan fingerprint density at radius 2 is 0.644 bits per heavy atom. The summed E-state index contributed by atoms with van der Waals surface area (Å²) in [6, 6.07) is 65.3. The Morgan fingerprint density at radius 3 is 1.07 bits per heavy atom. The highest BCUT2D eigenvalue weighted by atomic mass is 14.9. The van der Waals surface area contributed by atoms with Crippen LogP contribution in [-0.4, -0.2) is 0 Å². The second kappa shape index (κ2) is 11.6. The normalized spacial score (nSPS) is 11.1. The first-order valence-electron chi connectivity index (χ1n) is 15.4. The van der Waals surface area contributed by atoms with E-state index in [1.807, 2.05) is 0 Å². The van der Waals surface area contributed by atoms with Gasteiger partial charge in [-0.25, -0.2) is 0 Å². The fourth-order valence-electron chi connectivity index (χ4n) is 6.33. The van der Waals surface area contributed by atoms with Crippen molar-refractivity contribution < 1.29 is 0 Å². The van der Waals surface area contributed by atoms with E-state index in [4.69, 9.17) is 0 Å². The second-order valence-corrected chi connectivity index (χ2v) is 11.5. The molecule has 0 unspecified atom stereocenters. The molecule has 1 heteroatoms. The highest BCUT2D eigenvalue weighted by Gasteiger charge is 2.10. The Kier molecular flexibility index (Phi) is 6.90. The molecule has 8 rings (SSSR count). The summed E-state index contributed by atoms with van der Waals surface area (Å²) in [4.78, 5) is 0. The van der Waals surface area contributed by atoms with E-state index in [1.54, 1.807) is 0 Å². The van der Waals surface area contributed by atoms with Crippen molar-refractivity contribution in [3.05, 3.63) is 182 Å². The summed E-state index contributed by atoms with van der Waals surface area (Å²) < 4.78 is 0. The fourth-order valence-corrected chi connectivity index (χ4v) is 6.33. The predicted molar refractivity (Wildman–Crippen MR) is 193 cm³/mol. The molecule has 0 saturated heterocycles. The Labute approximate surface area is 264 Å². The standard InChI is InChI=1S/C44H31N/c1-3-11-33(12-4-1)43-29-37(27-35-15-7-9-17-41(35)43)31-19-23-39(24-20-31)45-40-25-21-32(22-26-40)38-28-36-16-8-10-18-42(36)44(30-38)34-13-5-2-6-14-34/h1-30,45H. The number of anilines is 2. The van der Waals surface area contributed by atoms with Crippen molar-refractivity contribution in [3.63, 3.8) is 0 Å². The monoisotopic (exact) mass is 573 g/mol. The minimum atomic E-state index is 1.06. The summed E-state index contributed by atoms with van der Waals surface area (Å²) >= 11 is 0. The quantitative estimate of drug-likeness (QED) is 0.209. The minimum absolute atomic E-state index is 1.06. The van der Waals surface area contributed by atoms with Crippen LogP contribution in [0.4, 0.5) is 11.4 Å². The summed E-state index contributed by atoms with van der Waals surface area (Å²) in [6.07, 6.45) is 0. The Morgan fingerprint density at radius 1 is 0.267 bits per heavy atom. The molecule has 0 aromatic heterocycles. The van der Waals surface area contributed by atoms with Crippen LogP contribution >= 0.6 is 0 Å². The van der Waals surface area contributed by atoms with Gasteiger partial charge in [0.1, 0.15) is 0 Å². The number of benzene rings is 8. The average Bonchev–Trinajstić information content (AvgIpc) is 3.12. The molecule has 1 nitrogen and oxygen atoms in total. The molecule has 0 heterocycles. The molecular weight excluding hydrogens is 542 g/mol.